The number of amides is 3. The second kappa shape index (κ2) is 9.24. The second-order valence-electron chi connectivity index (χ2n) is 7.94. The third-order valence-corrected chi connectivity index (χ3v) is 6.00. The van der Waals surface area contributed by atoms with E-state index in [1.807, 2.05) is 12.1 Å². The highest BCUT2D eigenvalue weighted by atomic mass is 19.1. The molecule has 1 N–H and O–H groups in total. The minimum atomic E-state index is -0.533. The molecule has 0 saturated carbocycles. The molecule has 2 aromatic rings. The van der Waals surface area contributed by atoms with Crippen molar-refractivity contribution in [1.29, 1.82) is 0 Å². The van der Waals surface area contributed by atoms with Crippen molar-refractivity contribution in [3.63, 3.8) is 0 Å². The van der Waals surface area contributed by atoms with Crippen LogP contribution in [0, 0.1) is 5.82 Å². The van der Waals surface area contributed by atoms with Crippen LogP contribution in [0.15, 0.2) is 48.8 Å². The van der Waals surface area contributed by atoms with Crippen LogP contribution in [0.5, 0.6) is 0 Å². The summed E-state index contributed by atoms with van der Waals surface area (Å²) in [5.41, 5.74) is 0.956. The zero-order valence-electron chi connectivity index (χ0n) is 17.2. The lowest BCUT2D eigenvalue weighted by Crippen LogP contribution is -2.53. The van der Waals surface area contributed by atoms with Gasteiger partial charge < -0.3 is 15.1 Å². The third kappa shape index (κ3) is 4.57. The molecule has 2 aliphatic heterocycles. The Balaban J connectivity index is 1.36. The Kier molecular flexibility index (Phi) is 6.25. The smallest absolute Gasteiger partial charge is 0.256 e. The summed E-state index contributed by atoms with van der Waals surface area (Å²) >= 11 is 0. The minimum Gasteiger partial charge on any atom is -0.350 e. The van der Waals surface area contributed by atoms with E-state index in [-0.39, 0.29) is 29.3 Å². The fourth-order valence-electron chi connectivity index (χ4n) is 4.38. The molecule has 4 rings (SSSR count). The Morgan fingerprint density at radius 2 is 1.87 bits per heavy atom. The molecule has 1 atom stereocenters. The molecule has 1 aromatic heterocycles. The number of hydrogen-bond donors (Lipinski definition) is 1. The highest BCUT2D eigenvalue weighted by molar-refractivity contribution is 5.94. The van der Waals surface area contributed by atoms with Gasteiger partial charge in [-0.15, -0.1) is 0 Å². The van der Waals surface area contributed by atoms with Gasteiger partial charge in [-0.05, 0) is 43.0 Å². The number of aromatic nitrogens is 1. The number of pyridine rings is 1. The molecular formula is C23H25FN4O3. The van der Waals surface area contributed by atoms with Gasteiger partial charge in [-0.25, -0.2) is 4.39 Å². The highest BCUT2D eigenvalue weighted by Gasteiger charge is 2.41. The van der Waals surface area contributed by atoms with Crippen molar-refractivity contribution in [3.8, 4) is 0 Å². The molecule has 1 aromatic carbocycles. The average Bonchev–Trinajstić information content (AvgIpc) is 3.19. The molecule has 0 spiro atoms. The molecule has 0 bridgehead atoms. The molecule has 8 heteroatoms. The van der Waals surface area contributed by atoms with Crippen LogP contribution in [0.2, 0.25) is 0 Å². The average molecular weight is 424 g/mol. The Labute approximate surface area is 180 Å². The topological polar surface area (TPSA) is 82.6 Å². The van der Waals surface area contributed by atoms with Crippen LogP contribution in [0.4, 0.5) is 4.39 Å². The standard InChI is InChI=1S/C23H25FN4O3/c24-19-6-2-1-5-18(19)23(31)27-12-9-17(10-13-27)28-20(7-8-21(28)29)22(30)26-15-16-4-3-11-25-14-16/h1-6,11,14,17,20H,7-10,12-13,15H2,(H,26,30). The van der Waals surface area contributed by atoms with Gasteiger partial charge in [-0.1, -0.05) is 18.2 Å². The molecule has 162 valence electrons. The van der Waals surface area contributed by atoms with Gasteiger partial charge in [-0.2, -0.15) is 0 Å². The van der Waals surface area contributed by atoms with E-state index in [0.717, 1.165) is 5.56 Å². The predicted molar refractivity (Wildman–Crippen MR) is 111 cm³/mol. The maximum Gasteiger partial charge on any atom is 0.256 e. The predicted octanol–water partition coefficient (Wildman–Crippen LogP) is 2.13. The van der Waals surface area contributed by atoms with E-state index >= 15 is 0 Å². The fourth-order valence-corrected chi connectivity index (χ4v) is 4.38. The van der Waals surface area contributed by atoms with Crippen molar-refractivity contribution in [1.82, 2.24) is 20.1 Å². The zero-order chi connectivity index (χ0) is 21.8. The monoisotopic (exact) mass is 424 g/mol. The lowest BCUT2D eigenvalue weighted by atomic mass is 10.0. The number of carbonyl (C=O) groups is 3. The van der Waals surface area contributed by atoms with Crippen LogP contribution >= 0.6 is 0 Å². The van der Waals surface area contributed by atoms with Gasteiger partial charge in [0.1, 0.15) is 11.9 Å². The van der Waals surface area contributed by atoms with E-state index < -0.39 is 11.9 Å². The summed E-state index contributed by atoms with van der Waals surface area (Å²) in [6.07, 6.45) is 5.34. The van der Waals surface area contributed by atoms with Crippen LogP contribution < -0.4 is 5.32 Å². The van der Waals surface area contributed by atoms with Crippen molar-refractivity contribution < 1.29 is 18.8 Å². The van der Waals surface area contributed by atoms with E-state index in [0.29, 0.717) is 45.3 Å². The summed E-state index contributed by atoms with van der Waals surface area (Å²) in [6.45, 7) is 1.21. The highest BCUT2D eigenvalue weighted by Crippen LogP contribution is 2.28. The number of rotatable bonds is 5. The lowest BCUT2D eigenvalue weighted by molar-refractivity contribution is -0.138. The first-order chi connectivity index (χ1) is 15.0. The van der Waals surface area contributed by atoms with Gasteiger partial charge in [0.15, 0.2) is 0 Å². The fraction of sp³-hybridized carbons (Fsp3) is 0.391. The van der Waals surface area contributed by atoms with Gasteiger partial charge >= 0.3 is 0 Å². The van der Waals surface area contributed by atoms with Crippen LogP contribution in [-0.4, -0.2) is 57.7 Å². The van der Waals surface area contributed by atoms with Gasteiger partial charge in [0.05, 0.1) is 5.56 Å². The van der Waals surface area contributed by atoms with Crippen molar-refractivity contribution in [2.24, 2.45) is 0 Å². The zero-order valence-corrected chi connectivity index (χ0v) is 17.2. The first-order valence-corrected chi connectivity index (χ1v) is 10.6. The summed E-state index contributed by atoms with van der Waals surface area (Å²) in [6, 6.07) is 9.04. The van der Waals surface area contributed by atoms with Crippen LogP contribution in [-0.2, 0) is 16.1 Å². The Morgan fingerprint density at radius 1 is 1.10 bits per heavy atom. The summed E-state index contributed by atoms with van der Waals surface area (Å²) in [5, 5.41) is 2.91. The van der Waals surface area contributed by atoms with E-state index in [1.165, 1.54) is 12.1 Å². The number of piperidine rings is 1. The maximum absolute atomic E-state index is 14.0. The minimum absolute atomic E-state index is 0.0274. The van der Waals surface area contributed by atoms with Crippen molar-refractivity contribution >= 4 is 17.7 Å². The second-order valence-corrected chi connectivity index (χ2v) is 7.94. The van der Waals surface area contributed by atoms with Crippen LogP contribution in [0.1, 0.15) is 41.6 Å². The first kappa shape index (κ1) is 21.0. The third-order valence-electron chi connectivity index (χ3n) is 6.00. The quantitative estimate of drug-likeness (QED) is 0.797. The molecule has 3 amide bonds. The number of likely N-dealkylation sites (tertiary alicyclic amines) is 2. The molecule has 2 fully saturated rings. The molecule has 1 unspecified atom stereocenters. The Morgan fingerprint density at radius 3 is 2.58 bits per heavy atom. The van der Waals surface area contributed by atoms with Crippen molar-refractivity contribution in [3.05, 3.63) is 65.7 Å². The number of hydrogen-bond acceptors (Lipinski definition) is 4. The summed E-state index contributed by atoms with van der Waals surface area (Å²) < 4.78 is 14.0. The molecule has 2 saturated heterocycles. The summed E-state index contributed by atoms with van der Waals surface area (Å²) in [7, 11) is 0. The molecule has 0 radical (unpaired) electrons. The summed E-state index contributed by atoms with van der Waals surface area (Å²) in [5.74, 6) is -1.07. The van der Waals surface area contributed by atoms with Gasteiger partial charge in [-0.3, -0.25) is 19.4 Å². The van der Waals surface area contributed by atoms with Crippen molar-refractivity contribution in [2.75, 3.05) is 13.1 Å². The Bertz CT molecular complexity index is 960. The van der Waals surface area contributed by atoms with E-state index in [4.69, 9.17) is 0 Å². The number of nitrogens with one attached hydrogen (secondary N) is 1. The molecule has 7 nitrogen and oxygen atoms in total. The molecule has 2 aliphatic rings. The molecule has 31 heavy (non-hydrogen) atoms. The number of carbonyl (C=O) groups excluding carboxylic acids is 3. The molecule has 3 heterocycles. The lowest BCUT2D eigenvalue weighted by Gasteiger charge is -2.39. The first-order valence-electron chi connectivity index (χ1n) is 10.6. The van der Waals surface area contributed by atoms with Gasteiger partial charge in [0.25, 0.3) is 5.91 Å². The van der Waals surface area contributed by atoms with E-state index in [2.05, 4.69) is 10.3 Å². The summed E-state index contributed by atoms with van der Waals surface area (Å²) in [4.78, 5) is 45.3. The van der Waals surface area contributed by atoms with E-state index in [1.54, 1.807) is 34.3 Å². The number of nitrogens with zero attached hydrogens (tertiary/aromatic N) is 3. The van der Waals surface area contributed by atoms with Crippen molar-refractivity contribution in [2.45, 2.75) is 44.3 Å². The van der Waals surface area contributed by atoms with Gasteiger partial charge in [0.2, 0.25) is 11.8 Å². The SMILES string of the molecule is O=C(NCc1cccnc1)C1CCC(=O)N1C1CCN(C(=O)c2ccccc2F)CC1. The van der Waals surface area contributed by atoms with E-state index in [9.17, 15) is 18.8 Å². The largest absolute Gasteiger partial charge is 0.350 e. The molecular weight excluding hydrogens is 399 g/mol. The van der Waals surface area contributed by atoms with Crippen LogP contribution in [0.25, 0.3) is 0 Å². The normalized spacial score (nSPS) is 19.5. The van der Waals surface area contributed by atoms with Gasteiger partial charge in [0, 0.05) is 44.5 Å². The Hall–Kier alpha value is -3.29. The van der Waals surface area contributed by atoms with Crippen LogP contribution in [0.3, 0.4) is 0 Å². The number of halogens is 1. The maximum atomic E-state index is 14.0. The molecule has 0 aliphatic carbocycles. The number of benzene rings is 1.